The van der Waals surface area contributed by atoms with Gasteiger partial charge in [0.15, 0.2) is 0 Å². The molecule has 0 N–H and O–H groups in total. The van der Waals surface area contributed by atoms with Crippen LogP contribution < -0.4 is 4.90 Å². The Morgan fingerprint density at radius 2 is 0.631 bits per heavy atom. The van der Waals surface area contributed by atoms with E-state index in [1.165, 1.54) is 121 Å². The standard InChI is InChI=1S/C82H54N2/c1-4-23-56(24-5-1)65-30-12-14-32-67(65)59-44-50-79-76(53-59)77-54-60(68-33-15-13-31-66(68)57-25-6-2-7-26-57)45-51-80(77)84(79)64-48-46-63(47-49-64)83(62-28-8-3-9-29-62)78-41-21-38-69-70(78)39-20-40-71(69)82-74-36-18-16-34-72(74)81(73-35-17-19-37-75(73)82)61-43-42-55-22-10-11-27-58(55)52-61/h1-54H. The van der Waals surface area contributed by atoms with E-state index in [-0.39, 0.29) is 0 Å². The van der Waals surface area contributed by atoms with Crippen LogP contribution in [0, 0.1) is 0 Å². The maximum absolute atomic E-state index is 2.45. The van der Waals surface area contributed by atoms with E-state index < -0.39 is 0 Å². The predicted octanol–water partition coefficient (Wildman–Crippen LogP) is 22.9. The number of aromatic nitrogens is 1. The molecule has 392 valence electrons. The van der Waals surface area contributed by atoms with Gasteiger partial charge in [-0.3, -0.25) is 0 Å². The van der Waals surface area contributed by atoms with Crippen molar-refractivity contribution in [3.8, 4) is 72.4 Å². The summed E-state index contributed by atoms with van der Waals surface area (Å²) < 4.78 is 2.45. The normalized spacial score (nSPS) is 11.6. The molecule has 0 saturated carbocycles. The van der Waals surface area contributed by atoms with Gasteiger partial charge in [-0.2, -0.15) is 0 Å². The Morgan fingerprint density at radius 1 is 0.214 bits per heavy atom. The van der Waals surface area contributed by atoms with Gasteiger partial charge in [0.2, 0.25) is 0 Å². The van der Waals surface area contributed by atoms with Crippen molar-refractivity contribution >= 4 is 82.0 Å². The topological polar surface area (TPSA) is 8.17 Å². The summed E-state index contributed by atoms with van der Waals surface area (Å²) in [5.74, 6) is 0. The summed E-state index contributed by atoms with van der Waals surface area (Å²) in [7, 11) is 0. The highest BCUT2D eigenvalue weighted by Crippen LogP contribution is 2.49. The van der Waals surface area contributed by atoms with Crippen LogP contribution in [0.25, 0.3) is 137 Å². The molecule has 0 aliphatic heterocycles. The van der Waals surface area contributed by atoms with Crippen LogP contribution in [0.15, 0.2) is 328 Å². The molecule has 16 rings (SSSR count). The minimum Gasteiger partial charge on any atom is -0.310 e. The first kappa shape index (κ1) is 48.8. The lowest BCUT2D eigenvalue weighted by Gasteiger charge is -2.27. The summed E-state index contributed by atoms with van der Waals surface area (Å²) in [4.78, 5) is 2.42. The maximum atomic E-state index is 2.45. The van der Waals surface area contributed by atoms with Gasteiger partial charge in [-0.15, -0.1) is 0 Å². The average Bonchev–Trinajstić information content (AvgIpc) is 1.89. The lowest BCUT2D eigenvalue weighted by molar-refractivity contribution is 1.17. The van der Waals surface area contributed by atoms with Gasteiger partial charge in [-0.25, -0.2) is 0 Å². The molecule has 0 spiro atoms. The summed E-state index contributed by atoms with van der Waals surface area (Å²) in [6.07, 6.45) is 0. The molecule has 1 aromatic heterocycles. The van der Waals surface area contributed by atoms with Crippen molar-refractivity contribution in [3.05, 3.63) is 328 Å². The minimum absolute atomic E-state index is 1.07. The van der Waals surface area contributed by atoms with E-state index in [1.807, 2.05) is 0 Å². The molecule has 0 aliphatic rings. The molecule has 0 unspecified atom stereocenters. The van der Waals surface area contributed by atoms with Crippen molar-refractivity contribution in [3.63, 3.8) is 0 Å². The van der Waals surface area contributed by atoms with Gasteiger partial charge in [-0.1, -0.05) is 255 Å². The first-order chi connectivity index (χ1) is 41.7. The Bertz CT molecular complexity index is 4980. The van der Waals surface area contributed by atoms with Crippen molar-refractivity contribution < 1.29 is 0 Å². The van der Waals surface area contributed by atoms with Gasteiger partial charge in [0.05, 0.1) is 16.7 Å². The fraction of sp³-hybridized carbons (Fsp3) is 0. The van der Waals surface area contributed by atoms with Crippen LogP contribution in [0.2, 0.25) is 0 Å². The fourth-order valence-corrected chi connectivity index (χ4v) is 13.4. The van der Waals surface area contributed by atoms with Gasteiger partial charge < -0.3 is 9.47 Å². The van der Waals surface area contributed by atoms with E-state index in [2.05, 4.69) is 337 Å². The molecule has 0 amide bonds. The van der Waals surface area contributed by atoms with Crippen molar-refractivity contribution in [1.29, 1.82) is 0 Å². The number of rotatable bonds is 10. The molecule has 2 heteroatoms. The van der Waals surface area contributed by atoms with Gasteiger partial charge >= 0.3 is 0 Å². The third kappa shape index (κ3) is 8.26. The highest BCUT2D eigenvalue weighted by atomic mass is 15.1. The SMILES string of the molecule is c1ccc(-c2ccccc2-c2ccc3c(c2)c2cc(-c4ccccc4-c4ccccc4)ccc2n3-c2ccc(N(c3ccccc3)c3cccc4c(-c5c6ccccc6c(-c6ccc7ccccc7c6)c6ccccc56)cccc34)cc2)cc1. The van der Waals surface area contributed by atoms with Crippen LogP contribution in [0.4, 0.5) is 17.1 Å². The molecule has 0 bridgehead atoms. The smallest absolute Gasteiger partial charge is 0.0541 e. The van der Waals surface area contributed by atoms with Crippen LogP contribution in [0.5, 0.6) is 0 Å². The van der Waals surface area contributed by atoms with Gasteiger partial charge in [-0.05, 0) is 177 Å². The zero-order valence-electron chi connectivity index (χ0n) is 46.1. The molecule has 0 atom stereocenters. The van der Waals surface area contributed by atoms with Crippen LogP contribution in [-0.2, 0) is 0 Å². The van der Waals surface area contributed by atoms with Gasteiger partial charge in [0.25, 0.3) is 0 Å². The number of hydrogen-bond donors (Lipinski definition) is 0. The van der Waals surface area contributed by atoms with Gasteiger partial charge in [0.1, 0.15) is 0 Å². The van der Waals surface area contributed by atoms with Gasteiger partial charge in [0, 0.05) is 33.2 Å². The number of anilines is 3. The molecule has 16 aromatic rings. The highest BCUT2D eigenvalue weighted by Gasteiger charge is 2.23. The number of fused-ring (bicyclic) bond motifs is 7. The zero-order valence-corrected chi connectivity index (χ0v) is 46.1. The zero-order chi connectivity index (χ0) is 55.5. The summed E-state index contributed by atoms with van der Waals surface area (Å²) in [6.45, 7) is 0. The molecule has 1 heterocycles. The van der Waals surface area contributed by atoms with E-state index >= 15 is 0 Å². The van der Waals surface area contributed by atoms with Crippen molar-refractivity contribution in [2.75, 3.05) is 4.90 Å². The average molecular weight is 1070 g/mol. The predicted molar refractivity (Wildman–Crippen MR) is 358 cm³/mol. The Balaban J connectivity index is 0.849. The van der Waals surface area contributed by atoms with Crippen molar-refractivity contribution in [1.82, 2.24) is 4.57 Å². The molecular weight excluding hydrogens is 1010 g/mol. The van der Waals surface area contributed by atoms with E-state index in [0.717, 1.165) is 33.8 Å². The fourth-order valence-electron chi connectivity index (χ4n) is 13.4. The molecule has 0 fully saturated rings. The van der Waals surface area contributed by atoms with E-state index in [4.69, 9.17) is 0 Å². The first-order valence-electron chi connectivity index (χ1n) is 29.0. The second-order valence-electron chi connectivity index (χ2n) is 21.9. The summed E-state index contributed by atoms with van der Waals surface area (Å²) >= 11 is 0. The lowest BCUT2D eigenvalue weighted by Crippen LogP contribution is -2.10. The lowest BCUT2D eigenvalue weighted by atomic mass is 9.84. The monoisotopic (exact) mass is 1070 g/mol. The van der Waals surface area contributed by atoms with Crippen molar-refractivity contribution in [2.45, 2.75) is 0 Å². The molecule has 2 nitrogen and oxygen atoms in total. The quantitative estimate of drug-likeness (QED) is 0.124. The van der Waals surface area contributed by atoms with Crippen LogP contribution in [-0.4, -0.2) is 4.57 Å². The Kier molecular flexibility index (Phi) is 11.9. The van der Waals surface area contributed by atoms with Crippen LogP contribution in [0.1, 0.15) is 0 Å². The highest BCUT2D eigenvalue weighted by molar-refractivity contribution is 6.24. The Labute approximate surface area is 488 Å². The molecule has 0 aliphatic carbocycles. The second-order valence-corrected chi connectivity index (χ2v) is 21.9. The largest absolute Gasteiger partial charge is 0.310 e. The maximum Gasteiger partial charge on any atom is 0.0541 e. The Hall–Kier alpha value is -11.1. The molecular formula is C82H54N2. The number of nitrogens with zero attached hydrogens (tertiary/aromatic N) is 2. The van der Waals surface area contributed by atoms with Crippen LogP contribution in [0.3, 0.4) is 0 Å². The number of hydrogen-bond acceptors (Lipinski definition) is 1. The Morgan fingerprint density at radius 3 is 1.20 bits per heavy atom. The minimum atomic E-state index is 1.07. The first-order valence-corrected chi connectivity index (χ1v) is 29.0. The number of benzene rings is 15. The second kappa shape index (κ2) is 20.5. The molecule has 0 saturated heterocycles. The van der Waals surface area contributed by atoms with E-state index in [9.17, 15) is 0 Å². The van der Waals surface area contributed by atoms with E-state index in [1.54, 1.807) is 0 Å². The summed E-state index contributed by atoms with van der Waals surface area (Å²) in [5, 5.41) is 12.2. The van der Waals surface area contributed by atoms with Crippen molar-refractivity contribution in [2.24, 2.45) is 0 Å². The summed E-state index contributed by atoms with van der Waals surface area (Å²) in [5.41, 5.74) is 21.2. The van der Waals surface area contributed by atoms with Crippen LogP contribution >= 0.6 is 0 Å². The summed E-state index contributed by atoms with van der Waals surface area (Å²) in [6, 6.07) is 120. The third-order valence-corrected chi connectivity index (χ3v) is 17.2. The molecule has 84 heavy (non-hydrogen) atoms. The third-order valence-electron chi connectivity index (χ3n) is 17.2. The molecule has 0 radical (unpaired) electrons. The number of para-hydroxylation sites is 1. The van der Waals surface area contributed by atoms with E-state index in [0.29, 0.717) is 0 Å². The molecule has 15 aromatic carbocycles.